The molecule has 10 heavy (non-hydrogen) atoms. The fraction of sp³-hybridized carbons (Fsp3) is 0.444. The van der Waals surface area contributed by atoms with Crippen LogP contribution in [0.2, 0.25) is 0 Å². The second-order valence-corrected chi connectivity index (χ2v) is 1.84. The molecule has 0 amide bonds. The molecule has 0 bridgehead atoms. The maximum absolute atomic E-state index is 4.00. The van der Waals surface area contributed by atoms with Crippen molar-refractivity contribution in [2.45, 2.75) is 27.2 Å². The topological polar surface area (TPSA) is 12.4 Å². The molecule has 1 heteroatoms. The SMILES string of the molecule is CC.CC1=CN=CCC=C1. The third-order valence-electron chi connectivity index (χ3n) is 1.01. The van der Waals surface area contributed by atoms with Gasteiger partial charge in [0, 0.05) is 18.8 Å². The van der Waals surface area contributed by atoms with Gasteiger partial charge in [-0.3, -0.25) is 4.99 Å². The van der Waals surface area contributed by atoms with Crippen molar-refractivity contribution < 1.29 is 0 Å². The Morgan fingerprint density at radius 2 is 2.10 bits per heavy atom. The predicted molar refractivity (Wildman–Crippen MR) is 47.4 cm³/mol. The zero-order valence-corrected chi connectivity index (χ0v) is 6.96. The van der Waals surface area contributed by atoms with Crippen LogP contribution in [0.4, 0.5) is 0 Å². The molecule has 1 aliphatic heterocycles. The van der Waals surface area contributed by atoms with Crippen molar-refractivity contribution in [2.75, 3.05) is 0 Å². The zero-order valence-electron chi connectivity index (χ0n) is 6.96. The summed E-state index contributed by atoms with van der Waals surface area (Å²) in [5.41, 5.74) is 1.22. The molecule has 0 spiro atoms. The average molecular weight is 137 g/mol. The Kier molecular flexibility index (Phi) is 5.74. The van der Waals surface area contributed by atoms with Gasteiger partial charge in [0.05, 0.1) is 0 Å². The standard InChI is InChI=1S/C7H9N.C2H6/c1-7-4-2-3-5-8-6-7;1-2/h2,4-6H,3H2,1H3;1-2H3. The van der Waals surface area contributed by atoms with E-state index in [4.69, 9.17) is 0 Å². The minimum atomic E-state index is 0.966. The van der Waals surface area contributed by atoms with Gasteiger partial charge in [0.1, 0.15) is 0 Å². The summed E-state index contributed by atoms with van der Waals surface area (Å²) in [7, 11) is 0. The highest BCUT2D eigenvalue weighted by molar-refractivity contribution is 5.61. The van der Waals surface area contributed by atoms with Gasteiger partial charge in [0.25, 0.3) is 0 Å². The highest BCUT2D eigenvalue weighted by Crippen LogP contribution is 1.98. The van der Waals surface area contributed by atoms with Gasteiger partial charge < -0.3 is 0 Å². The largest absolute Gasteiger partial charge is 0.268 e. The molecule has 56 valence electrons. The van der Waals surface area contributed by atoms with Crippen LogP contribution in [0.5, 0.6) is 0 Å². The van der Waals surface area contributed by atoms with E-state index in [-0.39, 0.29) is 0 Å². The molecule has 0 N–H and O–H groups in total. The lowest BCUT2D eigenvalue weighted by atomic mass is 10.3. The van der Waals surface area contributed by atoms with Crippen molar-refractivity contribution in [3.63, 3.8) is 0 Å². The van der Waals surface area contributed by atoms with E-state index >= 15 is 0 Å². The summed E-state index contributed by atoms with van der Waals surface area (Å²) >= 11 is 0. The van der Waals surface area contributed by atoms with E-state index in [0.29, 0.717) is 0 Å². The summed E-state index contributed by atoms with van der Waals surface area (Å²) < 4.78 is 0. The molecule has 0 saturated carbocycles. The van der Waals surface area contributed by atoms with Gasteiger partial charge in [0.15, 0.2) is 0 Å². The third kappa shape index (κ3) is 4.07. The second kappa shape index (κ2) is 6.27. The van der Waals surface area contributed by atoms with E-state index < -0.39 is 0 Å². The first-order valence-corrected chi connectivity index (χ1v) is 3.74. The Labute approximate surface area is 63.2 Å². The van der Waals surface area contributed by atoms with Gasteiger partial charge in [0.2, 0.25) is 0 Å². The maximum atomic E-state index is 4.00. The number of rotatable bonds is 0. The molecule has 0 aliphatic carbocycles. The number of nitrogens with zero attached hydrogens (tertiary/aromatic N) is 1. The van der Waals surface area contributed by atoms with Gasteiger partial charge >= 0.3 is 0 Å². The van der Waals surface area contributed by atoms with Crippen molar-refractivity contribution >= 4 is 6.21 Å². The van der Waals surface area contributed by atoms with Crippen LogP contribution in [0.1, 0.15) is 27.2 Å². The molecule has 0 saturated heterocycles. The van der Waals surface area contributed by atoms with E-state index in [0.717, 1.165) is 6.42 Å². The van der Waals surface area contributed by atoms with Gasteiger partial charge in [-0.25, -0.2) is 0 Å². The normalized spacial score (nSPS) is 14.9. The molecule has 0 radical (unpaired) electrons. The van der Waals surface area contributed by atoms with Gasteiger partial charge in [-0.05, 0) is 12.5 Å². The first kappa shape index (κ1) is 9.15. The molecule has 0 aromatic heterocycles. The van der Waals surface area contributed by atoms with Crippen LogP contribution < -0.4 is 0 Å². The second-order valence-electron chi connectivity index (χ2n) is 1.84. The Hall–Kier alpha value is -0.850. The van der Waals surface area contributed by atoms with Gasteiger partial charge in [-0.2, -0.15) is 0 Å². The molecular weight excluding hydrogens is 122 g/mol. The smallest absolute Gasteiger partial charge is 0.0293 e. The molecule has 0 aromatic rings. The van der Waals surface area contributed by atoms with Crippen molar-refractivity contribution in [3.05, 3.63) is 23.9 Å². The van der Waals surface area contributed by atoms with Crippen LogP contribution in [0.15, 0.2) is 28.9 Å². The van der Waals surface area contributed by atoms with E-state index in [1.54, 1.807) is 0 Å². The Bertz CT molecular complexity index is 152. The van der Waals surface area contributed by atoms with Crippen LogP contribution in [0.25, 0.3) is 0 Å². The molecule has 0 aromatic carbocycles. The summed E-state index contributed by atoms with van der Waals surface area (Å²) in [5, 5.41) is 0. The summed E-state index contributed by atoms with van der Waals surface area (Å²) in [6, 6.07) is 0. The first-order valence-electron chi connectivity index (χ1n) is 3.74. The number of allylic oxidation sites excluding steroid dienone is 3. The lowest BCUT2D eigenvalue weighted by Crippen LogP contribution is -1.61. The Morgan fingerprint density at radius 1 is 1.40 bits per heavy atom. The maximum Gasteiger partial charge on any atom is 0.0293 e. The Morgan fingerprint density at radius 3 is 2.80 bits per heavy atom. The molecular formula is C9H15N. The molecule has 1 rings (SSSR count). The summed E-state index contributed by atoms with van der Waals surface area (Å²) in [6.07, 6.45) is 8.90. The van der Waals surface area contributed by atoms with Crippen molar-refractivity contribution in [2.24, 2.45) is 4.99 Å². The van der Waals surface area contributed by atoms with Crippen LogP contribution >= 0.6 is 0 Å². The molecule has 1 aliphatic rings. The van der Waals surface area contributed by atoms with Gasteiger partial charge in [-0.15, -0.1) is 0 Å². The third-order valence-corrected chi connectivity index (χ3v) is 1.01. The molecule has 0 fully saturated rings. The molecule has 0 unspecified atom stereocenters. The van der Waals surface area contributed by atoms with Crippen LogP contribution in [0, 0.1) is 0 Å². The predicted octanol–water partition coefficient (Wildman–Crippen LogP) is 2.95. The van der Waals surface area contributed by atoms with E-state index in [2.05, 4.69) is 17.1 Å². The zero-order chi connectivity index (χ0) is 7.82. The average Bonchev–Trinajstić information content (AvgIpc) is 2.21. The van der Waals surface area contributed by atoms with Crippen molar-refractivity contribution in [1.29, 1.82) is 0 Å². The van der Waals surface area contributed by atoms with Gasteiger partial charge in [-0.1, -0.05) is 26.0 Å². The highest BCUT2D eigenvalue weighted by atomic mass is 14.7. The summed E-state index contributed by atoms with van der Waals surface area (Å²) in [4.78, 5) is 4.00. The van der Waals surface area contributed by atoms with Crippen molar-refractivity contribution in [1.82, 2.24) is 0 Å². The molecule has 1 heterocycles. The number of hydrogen-bond donors (Lipinski definition) is 0. The molecule has 0 atom stereocenters. The quantitative estimate of drug-likeness (QED) is 0.486. The first-order chi connectivity index (χ1) is 4.89. The number of aliphatic imine (C=N–C) groups is 1. The van der Waals surface area contributed by atoms with Crippen LogP contribution in [0.3, 0.4) is 0 Å². The summed E-state index contributed by atoms with van der Waals surface area (Å²) in [5.74, 6) is 0. The van der Waals surface area contributed by atoms with E-state index in [1.165, 1.54) is 5.57 Å². The highest BCUT2D eigenvalue weighted by Gasteiger charge is 1.81. The monoisotopic (exact) mass is 137 g/mol. The molecule has 1 nitrogen and oxygen atoms in total. The lowest BCUT2D eigenvalue weighted by molar-refractivity contribution is 1.45. The van der Waals surface area contributed by atoms with Crippen LogP contribution in [-0.4, -0.2) is 6.21 Å². The van der Waals surface area contributed by atoms with E-state index in [1.807, 2.05) is 33.2 Å². The lowest BCUT2D eigenvalue weighted by Gasteiger charge is -1.80. The minimum Gasteiger partial charge on any atom is -0.268 e. The fourth-order valence-corrected chi connectivity index (χ4v) is 0.589. The minimum absolute atomic E-state index is 0.966. The van der Waals surface area contributed by atoms with Crippen LogP contribution in [-0.2, 0) is 0 Å². The Balaban J connectivity index is 0.000000371. The van der Waals surface area contributed by atoms with Crippen molar-refractivity contribution in [3.8, 4) is 0 Å². The summed E-state index contributed by atoms with van der Waals surface area (Å²) in [6.45, 7) is 6.04. The number of hydrogen-bond acceptors (Lipinski definition) is 1. The van der Waals surface area contributed by atoms with E-state index in [9.17, 15) is 0 Å². The fourth-order valence-electron chi connectivity index (χ4n) is 0.589.